The van der Waals surface area contributed by atoms with E-state index in [0.29, 0.717) is 10.6 Å². The summed E-state index contributed by atoms with van der Waals surface area (Å²) < 4.78 is 0. The van der Waals surface area contributed by atoms with Crippen LogP contribution in [-0.2, 0) is 6.42 Å². The molecule has 2 rings (SSSR count). The van der Waals surface area contributed by atoms with Crippen molar-refractivity contribution in [3.05, 3.63) is 28.0 Å². The van der Waals surface area contributed by atoms with E-state index >= 15 is 0 Å². The van der Waals surface area contributed by atoms with Crippen LogP contribution < -0.4 is 5.73 Å². The van der Waals surface area contributed by atoms with E-state index in [0.717, 1.165) is 18.4 Å². The van der Waals surface area contributed by atoms with Crippen molar-refractivity contribution in [2.24, 2.45) is 0 Å². The van der Waals surface area contributed by atoms with Crippen molar-refractivity contribution in [2.45, 2.75) is 19.8 Å². The minimum Gasteiger partial charge on any atom is -0.397 e. The van der Waals surface area contributed by atoms with Gasteiger partial charge in [-0.25, -0.2) is 0 Å². The number of anilines is 1. The predicted octanol–water partition coefficient (Wildman–Crippen LogP) is 3.88. The standard InChI is InChI=1S/C12H12N2S2/c1-2-4-8-11(14)10(7-13)16-12(8)9-5-3-6-15-9/h3,5-6H,2,4,14H2,1H3. The van der Waals surface area contributed by atoms with Crippen LogP contribution in [0.4, 0.5) is 5.69 Å². The molecule has 0 unspecified atom stereocenters. The molecule has 0 aliphatic carbocycles. The Morgan fingerprint density at radius 2 is 2.31 bits per heavy atom. The van der Waals surface area contributed by atoms with Crippen LogP contribution in [0.15, 0.2) is 17.5 Å². The van der Waals surface area contributed by atoms with E-state index in [1.54, 1.807) is 11.3 Å². The molecule has 0 aromatic carbocycles. The maximum atomic E-state index is 9.01. The average Bonchev–Trinajstić information content (AvgIpc) is 2.89. The van der Waals surface area contributed by atoms with E-state index in [9.17, 15) is 0 Å². The number of hydrogen-bond acceptors (Lipinski definition) is 4. The molecule has 0 aliphatic rings. The molecule has 82 valence electrons. The minimum atomic E-state index is 0.645. The first-order valence-electron chi connectivity index (χ1n) is 5.13. The topological polar surface area (TPSA) is 49.8 Å². The second-order valence-electron chi connectivity index (χ2n) is 3.49. The Bertz CT molecular complexity index is 518. The van der Waals surface area contributed by atoms with Gasteiger partial charge in [0.1, 0.15) is 10.9 Å². The Kier molecular flexibility index (Phi) is 3.28. The van der Waals surface area contributed by atoms with Crippen LogP contribution in [0.25, 0.3) is 9.75 Å². The number of thiophene rings is 2. The molecule has 4 heteroatoms. The molecule has 2 N–H and O–H groups in total. The van der Waals surface area contributed by atoms with E-state index in [4.69, 9.17) is 11.0 Å². The van der Waals surface area contributed by atoms with Crippen LogP contribution in [0.3, 0.4) is 0 Å². The quantitative estimate of drug-likeness (QED) is 0.896. The smallest absolute Gasteiger partial charge is 0.128 e. The zero-order valence-electron chi connectivity index (χ0n) is 8.99. The number of hydrogen-bond donors (Lipinski definition) is 1. The highest BCUT2D eigenvalue weighted by Crippen LogP contribution is 2.40. The lowest BCUT2D eigenvalue weighted by atomic mass is 10.1. The highest BCUT2D eigenvalue weighted by atomic mass is 32.1. The van der Waals surface area contributed by atoms with Crippen molar-refractivity contribution in [3.8, 4) is 15.8 Å². The molecule has 0 amide bonds. The fourth-order valence-electron chi connectivity index (χ4n) is 1.67. The van der Waals surface area contributed by atoms with Crippen LogP contribution in [0.2, 0.25) is 0 Å². The van der Waals surface area contributed by atoms with Gasteiger partial charge in [0.25, 0.3) is 0 Å². The summed E-state index contributed by atoms with van der Waals surface area (Å²) in [7, 11) is 0. The van der Waals surface area contributed by atoms with Gasteiger partial charge in [-0.2, -0.15) is 5.26 Å². The third-order valence-corrected chi connectivity index (χ3v) is 4.60. The maximum absolute atomic E-state index is 9.01. The van der Waals surface area contributed by atoms with Crippen molar-refractivity contribution >= 4 is 28.4 Å². The molecule has 0 fully saturated rings. The molecule has 2 aromatic rings. The van der Waals surface area contributed by atoms with E-state index < -0.39 is 0 Å². The fourth-order valence-corrected chi connectivity index (χ4v) is 3.61. The van der Waals surface area contributed by atoms with Gasteiger partial charge >= 0.3 is 0 Å². The normalized spacial score (nSPS) is 10.2. The summed E-state index contributed by atoms with van der Waals surface area (Å²) in [6.45, 7) is 2.13. The van der Waals surface area contributed by atoms with E-state index in [-0.39, 0.29) is 0 Å². The van der Waals surface area contributed by atoms with Gasteiger partial charge in [0, 0.05) is 4.88 Å². The van der Waals surface area contributed by atoms with Gasteiger partial charge in [0.2, 0.25) is 0 Å². The fraction of sp³-hybridized carbons (Fsp3) is 0.250. The average molecular weight is 248 g/mol. The van der Waals surface area contributed by atoms with Gasteiger partial charge in [0.05, 0.1) is 10.6 Å². The summed E-state index contributed by atoms with van der Waals surface area (Å²) in [5.41, 5.74) is 7.82. The van der Waals surface area contributed by atoms with Gasteiger partial charge in [-0.05, 0) is 23.4 Å². The molecule has 2 heterocycles. The molecule has 0 radical (unpaired) electrons. The monoisotopic (exact) mass is 248 g/mol. The number of rotatable bonds is 3. The Hall–Kier alpha value is -1.31. The van der Waals surface area contributed by atoms with Gasteiger partial charge in [-0.1, -0.05) is 19.4 Å². The lowest BCUT2D eigenvalue weighted by Gasteiger charge is -2.01. The Morgan fingerprint density at radius 3 is 2.88 bits per heavy atom. The van der Waals surface area contributed by atoms with Crippen molar-refractivity contribution in [1.82, 2.24) is 0 Å². The van der Waals surface area contributed by atoms with Crippen LogP contribution in [0.5, 0.6) is 0 Å². The van der Waals surface area contributed by atoms with Crippen LogP contribution in [0, 0.1) is 11.3 Å². The molecule has 2 aromatic heterocycles. The lowest BCUT2D eigenvalue weighted by Crippen LogP contribution is -1.92. The molecule has 0 atom stereocenters. The van der Waals surface area contributed by atoms with Crippen molar-refractivity contribution in [3.63, 3.8) is 0 Å². The summed E-state index contributed by atoms with van der Waals surface area (Å²) in [5, 5.41) is 11.1. The third kappa shape index (κ3) is 1.84. The number of nitrogens with two attached hydrogens (primary N) is 1. The number of nitrogens with zero attached hydrogens (tertiary/aromatic N) is 1. The van der Waals surface area contributed by atoms with Crippen LogP contribution in [0.1, 0.15) is 23.8 Å². The molecule has 0 aliphatic heterocycles. The maximum Gasteiger partial charge on any atom is 0.128 e. The van der Waals surface area contributed by atoms with Gasteiger partial charge in [0.15, 0.2) is 0 Å². The zero-order valence-corrected chi connectivity index (χ0v) is 10.6. The van der Waals surface area contributed by atoms with Crippen molar-refractivity contribution in [1.29, 1.82) is 5.26 Å². The molecule has 0 saturated carbocycles. The van der Waals surface area contributed by atoms with Gasteiger partial charge in [-0.3, -0.25) is 0 Å². The summed E-state index contributed by atoms with van der Waals surface area (Å²) >= 11 is 3.20. The first-order valence-corrected chi connectivity index (χ1v) is 6.82. The third-order valence-electron chi connectivity index (χ3n) is 2.39. The first-order chi connectivity index (χ1) is 7.77. The molecular weight excluding hydrogens is 236 g/mol. The second kappa shape index (κ2) is 4.69. The Balaban J connectivity index is 2.56. The molecule has 2 nitrogen and oxygen atoms in total. The summed E-state index contributed by atoms with van der Waals surface area (Å²) in [5.74, 6) is 0. The Morgan fingerprint density at radius 1 is 1.50 bits per heavy atom. The first kappa shape index (κ1) is 11.2. The number of nitriles is 1. The van der Waals surface area contributed by atoms with E-state index in [1.165, 1.54) is 21.1 Å². The van der Waals surface area contributed by atoms with E-state index in [2.05, 4.69) is 19.1 Å². The molecule has 0 spiro atoms. The van der Waals surface area contributed by atoms with E-state index in [1.807, 2.05) is 11.4 Å². The second-order valence-corrected chi connectivity index (χ2v) is 5.46. The van der Waals surface area contributed by atoms with Gasteiger partial charge in [-0.15, -0.1) is 22.7 Å². The van der Waals surface area contributed by atoms with Crippen LogP contribution >= 0.6 is 22.7 Å². The highest BCUT2D eigenvalue weighted by molar-refractivity contribution is 7.22. The summed E-state index contributed by atoms with van der Waals surface area (Å²) in [6, 6.07) is 6.28. The molecule has 0 saturated heterocycles. The molecular formula is C12H12N2S2. The van der Waals surface area contributed by atoms with Crippen molar-refractivity contribution in [2.75, 3.05) is 5.73 Å². The SMILES string of the molecule is CCCc1c(-c2cccs2)sc(C#N)c1N. The number of nitrogen functional groups attached to an aromatic ring is 1. The lowest BCUT2D eigenvalue weighted by molar-refractivity contribution is 0.930. The largest absolute Gasteiger partial charge is 0.397 e. The van der Waals surface area contributed by atoms with Crippen molar-refractivity contribution < 1.29 is 0 Å². The minimum absolute atomic E-state index is 0.645. The zero-order chi connectivity index (χ0) is 11.5. The predicted molar refractivity (Wildman–Crippen MR) is 70.8 cm³/mol. The molecule has 0 bridgehead atoms. The summed E-state index contributed by atoms with van der Waals surface area (Å²) in [4.78, 5) is 3.03. The summed E-state index contributed by atoms with van der Waals surface area (Å²) in [6.07, 6.45) is 1.99. The highest BCUT2D eigenvalue weighted by Gasteiger charge is 2.16. The molecule has 16 heavy (non-hydrogen) atoms. The van der Waals surface area contributed by atoms with Crippen LogP contribution in [-0.4, -0.2) is 0 Å². The van der Waals surface area contributed by atoms with Gasteiger partial charge < -0.3 is 5.73 Å². The Labute approximate surface area is 103 Å².